The van der Waals surface area contributed by atoms with E-state index in [9.17, 15) is 14.4 Å². The lowest BCUT2D eigenvalue weighted by molar-refractivity contribution is -0.156. The van der Waals surface area contributed by atoms with Crippen molar-refractivity contribution in [1.29, 1.82) is 0 Å². The van der Waals surface area contributed by atoms with Crippen molar-refractivity contribution in [3.05, 3.63) is 53.6 Å². The Morgan fingerprint density at radius 3 is 2.53 bits per heavy atom. The Labute approximate surface area is 176 Å². The summed E-state index contributed by atoms with van der Waals surface area (Å²) in [7, 11) is 0. The highest BCUT2D eigenvalue weighted by Crippen LogP contribution is 2.37. The second-order valence-electron chi connectivity index (χ2n) is 7.89. The minimum absolute atomic E-state index is 0.314. The molecule has 0 radical (unpaired) electrons. The molecule has 0 saturated heterocycles. The number of aryl methyl sites for hydroxylation is 2. The van der Waals surface area contributed by atoms with Crippen LogP contribution in [0.25, 0.3) is 0 Å². The van der Waals surface area contributed by atoms with Crippen molar-refractivity contribution < 1.29 is 23.9 Å². The first-order valence-corrected chi connectivity index (χ1v) is 9.75. The number of rotatable bonds is 5. The maximum atomic E-state index is 13.2. The number of fused-ring (bicyclic) bond motifs is 1. The number of benzene rings is 2. The Morgan fingerprint density at radius 2 is 1.83 bits per heavy atom. The molecule has 7 nitrogen and oxygen atoms in total. The van der Waals surface area contributed by atoms with Crippen molar-refractivity contribution >= 4 is 29.2 Å². The van der Waals surface area contributed by atoms with Crippen molar-refractivity contribution in [2.45, 2.75) is 46.3 Å². The van der Waals surface area contributed by atoms with Crippen molar-refractivity contribution in [1.82, 2.24) is 0 Å². The number of para-hydroxylation sites is 2. The first-order valence-electron chi connectivity index (χ1n) is 9.75. The number of ether oxygens (including phenoxy) is 2. The van der Waals surface area contributed by atoms with Crippen LogP contribution in [0.1, 0.15) is 31.9 Å². The van der Waals surface area contributed by atoms with E-state index in [-0.39, 0.29) is 12.5 Å². The van der Waals surface area contributed by atoms with Gasteiger partial charge in [0.25, 0.3) is 5.91 Å². The van der Waals surface area contributed by atoms with E-state index in [1.807, 2.05) is 26.0 Å². The predicted molar refractivity (Wildman–Crippen MR) is 114 cm³/mol. The van der Waals surface area contributed by atoms with Gasteiger partial charge in [-0.3, -0.25) is 14.5 Å². The predicted octanol–water partition coefficient (Wildman–Crippen LogP) is 3.38. The van der Waals surface area contributed by atoms with Crippen molar-refractivity contribution in [2.24, 2.45) is 0 Å². The van der Waals surface area contributed by atoms with Crippen LogP contribution in [0.3, 0.4) is 0 Å². The lowest BCUT2D eigenvalue weighted by Crippen LogP contribution is -2.60. The van der Waals surface area contributed by atoms with Gasteiger partial charge in [0.2, 0.25) is 5.91 Å². The highest BCUT2D eigenvalue weighted by Gasteiger charge is 2.45. The van der Waals surface area contributed by atoms with Crippen LogP contribution >= 0.6 is 0 Å². The summed E-state index contributed by atoms with van der Waals surface area (Å²) in [5, 5.41) is 2.80. The van der Waals surface area contributed by atoms with Gasteiger partial charge in [-0.15, -0.1) is 0 Å². The van der Waals surface area contributed by atoms with Gasteiger partial charge < -0.3 is 14.8 Å². The standard InChI is InChI=1S/C23H26N2O5/c1-14-10-11-19(15(2)12-14)29-13-20(26)30-16(3)21(27)25-18-9-7-6-8-17(18)24-22(28)23(25,4)5/h6-12,16H,13H2,1-5H3,(H,24,28)/t16-/m0/s1. The fourth-order valence-electron chi connectivity index (χ4n) is 3.41. The lowest BCUT2D eigenvalue weighted by Gasteiger charge is -2.42. The van der Waals surface area contributed by atoms with Gasteiger partial charge in [0, 0.05) is 0 Å². The van der Waals surface area contributed by atoms with Crippen molar-refractivity contribution in [2.75, 3.05) is 16.8 Å². The zero-order chi connectivity index (χ0) is 22.1. The normalized spacial score (nSPS) is 15.6. The summed E-state index contributed by atoms with van der Waals surface area (Å²) >= 11 is 0. The molecule has 0 aliphatic carbocycles. The zero-order valence-corrected chi connectivity index (χ0v) is 17.8. The minimum Gasteiger partial charge on any atom is -0.482 e. The average molecular weight is 410 g/mol. The molecule has 30 heavy (non-hydrogen) atoms. The van der Waals surface area contributed by atoms with E-state index in [2.05, 4.69) is 5.32 Å². The second-order valence-corrected chi connectivity index (χ2v) is 7.89. The molecule has 0 bridgehead atoms. The molecule has 3 rings (SSSR count). The number of hydrogen-bond donors (Lipinski definition) is 1. The van der Waals surface area contributed by atoms with Crippen molar-refractivity contribution in [3.63, 3.8) is 0 Å². The number of nitrogens with one attached hydrogen (secondary N) is 1. The number of carbonyl (C=O) groups is 3. The summed E-state index contributed by atoms with van der Waals surface area (Å²) in [6.07, 6.45) is -1.08. The van der Waals surface area contributed by atoms with Crippen molar-refractivity contribution in [3.8, 4) is 5.75 Å². The van der Waals surface area contributed by atoms with Crippen LogP contribution < -0.4 is 15.0 Å². The summed E-state index contributed by atoms with van der Waals surface area (Å²) in [6.45, 7) is 8.33. The number of esters is 1. The summed E-state index contributed by atoms with van der Waals surface area (Å²) in [5.74, 6) is -0.879. The topological polar surface area (TPSA) is 84.9 Å². The van der Waals surface area contributed by atoms with E-state index < -0.39 is 23.5 Å². The third kappa shape index (κ3) is 4.15. The first kappa shape index (κ1) is 21.4. The molecule has 0 saturated carbocycles. The largest absolute Gasteiger partial charge is 0.482 e. The maximum Gasteiger partial charge on any atom is 0.344 e. The summed E-state index contributed by atoms with van der Waals surface area (Å²) in [4.78, 5) is 39.3. The molecule has 1 atom stereocenters. The van der Waals surface area contributed by atoms with Gasteiger partial charge in [-0.1, -0.05) is 29.8 Å². The molecule has 1 heterocycles. The van der Waals surface area contributed by atoms with Gasteiger partial charge in [-0.25, -0.2) is 4.79 Å². The van der Waals surface area contributed by atoms with Gasteiger partial charge in [-0.05, 0) is 58.4 Å². The number of anilines is 2. The highest BCUT2D eigenvalue weighted by molar-refractivity contribution is 6.15. The molecular formula is C23H26N2O5. The van der Waals surface area contributed by atoms with Crippen LogP contribution in [0.15, 0.2) is 42.5 Å². The van der Waals surface area contributed by atoms with Gasteiger partial charge in [-0.2, -0.15) is 0 Å². The number of hydrogen-bond acceptors (Lipinski definition) is 5. The summed E-state index contributed by atoms with van der Waals surface area (Å²) in [6, 6.07) is 12.6. The third-order valence-electron chi connectivity index (χ3n) is 5.06. The zero-order valence-electron chi connectivity index (χ0n) is 17.8. The summed E-state index contributed by atoms with van der Waals surface area (Å²) < 4.78 is 10.8. The quantitative estimate of drug-likeness (QED) is 0.764. The monoisotopic (exact) mass is 410 g/mol. The number of nitrogens with zero attached hydrogens (tertiary/aromatic N) is 1. The Bertz CT molecular complexity index is 999. The molecule has 158 valence electrons. The van der Waals surface area contributed by atoms with Crippen LogP contribution in [0.5, 0.6) is 5.75 Å². The molecular weight excluding hydrogens is 384 g/mol. The fraction of sp³-hybridized carbons (Fsp3) is 0.348. The second kappa shape index (κ2) is 8.18. The average Bonchev–Trinajstić information content (AvgIpc) is 2.67. The Hall–Kier alpha value is -3.35. The SMILES string of the molecule is Cc1ccc(OCC(=O)O[C@@H](C)C(=O)N2c3ccccc3NC(=O)C2(C)C)c(C)c1. The third-order valence-corrected chi connectivity index (χ3v) is 5.06. The smallest absolute Gasteiger partial charge is 0.344 e. The number of carbonyl (C=O) groups excluding carboxylic acids is 3. The molecule has 7 heteroatoms. The Morgan fingerprint density at radius 1 is 1.13 bits per heavy atom. The number of amides is 2. The van der Waals surface area contributed by atoms with Crippen LogP contribution in [0.2, 0.25) is 0 Å². The van der Waals surface area contributed by atoms with Crippen LogP contribution in [0.4, 0.5) is 11.4 Å². The molecule has 2 aromatic carbocycles. The lowest BCUT2D eigenvalue weighted by atomic mass is 9.95. The Balaban J connectivity index is 1.70. The van der Waals surface area contributed by atoms with Gasteiger partial charge in [0.05, 0.1) is 11.4 Å². The maximum absolute atomic E-state index is 13.2. The van der Waals surface area contributed by atoms with E-state index in [0.717, 1.165) is 11.1 Å². The molecule has 0 aromatic heterocycles. The summed E-state index contributed by atoms with van der Waals surface area (Å²) in [5.41, 5.74) is 1.95. The molecule has 1 aliphatic rings. The minimum atomic E-state index is -1.14. The van der Waals surface area contributed by atoms with E-state index in [1.54, 1.807) is 44.2 Å². The van der Waals surface area contributed by atoms with Crippen LogP contribution in [-0.4, -0.2) is 36.0 Å². The molecule has 2 amide bonds. The highest BCUT2D eigenvalue weighted by atomic mass is 16.6. The van der Waals surface area contributed by atoms with E-state index in [0.29, 0.717) is 17.1 Å². The van der Waals surface area contributed by atoms with Gasteiger partial charge >= 0.3 is 5.97 Å². The fourth-order valence-corrected chi connectivity index (χ4v) is 3.41. The molecule has 1 aliphatic heterocycles. The first-order chi connectivity index (χ1) is 14.1. The molecule has 0 unspecified atom stereocenters. The molecule has 1 N–H and O–H groups in total. The van der Waals surface area contributed by atoms with E-state index in [1.165, 1.54) is 11.8 Å². The van der Waals surface area contributed by atoms with E-state index in [4.69, 9.17) is 9.47 Å². The Kier molecular flexibility index (Phi) is 5.82. The molecule has 0 spiro atoms. The molecule has 2 aromatic rings. The van der Waals surface area contributed by atoms with Crippen LogP contribution in [0, 0.1) is 13.8 Å². The van der Waals surface area contributed by atoms with Gasteiger partial charge in [0.15, 0.2) is 12.7 Å². The van der Waals surface area contributed by atoms with Gasteiger partial charge in [0.1, 0.15) is 11.3 Å². The van der Waals surface area contributed by atoms with E-state index >= 15 is 0 Å². The van der Waals surface area contributed by atoms with Crippen LogP contribution in [-0.2, 0) is 19.1 Å². The molecule has 0 fully saturated rings.